The first-order valence-corrected chi connectivity index (χ1v) is 3.07. The van der Waals surface area contributed by atoms with Crippen LogP contribution in [0.5, 0.6) is 0 Å². The summed E-state index contributed by atoms with van der Waals surface area (Å²) in [4.78, 5) is 2.26. The Morgan fingerprint density at radius 2 is 2.00 bits per heavy atom. The largest absolute Gasteiger partial charge is 0.292 e. The van der Waals surface area contributed by atoms with Gasteiger partial charge in [0.25, 0.3) is 0 Å². The Bertz CT molecular complexity index is 91.1. The molecule has 1 nitrogen and oxygen atoms in total. The highest BCUT2D eigenvalue weighted by Crippen LogP contribution is 2.27. The zero-order valence-corrected chi connectivity index (χ0v) is 5.81. The zero-order valence-electron chi connectivity index (χ0n) is 5.81. The molecule has 1 aliphatic heterocycles. The van der Waals surface area contributed by atoms with E-state index >= 15 is 0 Å². The normalized spacial score (nSPS) is 37.5. The number of hydrogen-bond acceptors (Lipinski definition) is 1. The molecule has 0 amide bonds. The molecule has 0 bridgehead atoms. The fourth-order valence-electron chi connectivity index (χ4n) is 1.04. The molecule has 0 aromatic carbocycles. The summed E-state index contributed by atoms with van der Waals surface area (Å²) in [6.07, 6.45) is 0. The first kappa shape index (κ1) is 6.09. The van der Waals surface area contributed by atoms with Gasteiger partial charge >= 0.3 is 0 Å². The predicted octanol–water partition coefficient (Wildman–Crippen LogP) is 1.18. The van der Waals surface area contributed by atoms with E-state index < -0.39 is 0 Å². The highest BCUT2D eigenvalue weighted by Gasteiger charge is 2.38. The smallest absolute Gasteiger partial charge is 0.0201 e. The third kappa shape index (κ3) is 1.03. The van der Waals surface area contributed by atoms with E-state index in [4.69, 9.17) is 6.92 Å². The molecule has 0 spiro atoms. The van der Waals surface area contributed by atoms with Crippen LogP contribution in [0.25, 0.3) is 0 Å². The zero-order chi connectivity index (χ0) is 6.36. The maximum absolute atomic E-state index is 5.76. The van der Waals surface area contributed by atoms with E-state index in [0.717, 1.165) is 6.04 Å². The topological polar surface area (TPSA) is 3.01 Å². The molecular weight excluding hydrogens is 98.1 g/mol. The molecule has 46 valence electrons. The summed E-state index contributed by atoms with van der Waals surface area (Å²) in [5.41, 5.74) is -0.0839. The molecule has 0 N–H and O–H groups in total. The Morgan fingerprint density at radius 3 is 2.00 bits per heavy atom. The molecule has 1 fully saturated rings. The maximum Gasteiger partial charge on any atom is 0.0201 e. The van der Waals surface area contributed by atoms with E-state index in [2.05, 4.69) is 11.8 Å². The van der Waals surface area contributed by atoms with Crippen LogP contribution in [0.2, 0.25) is 0 Å². The fourth-order valence-corrected chi connectivity index (χ4v) is 1.04. The van der Waals surface area contributed by atoms with Gasteiger partial charge < -0.3 is 0 Å². The summed E-state index contributed by atoms with van der Waals surface area (Å²) < 4.78 is 0. The lowest BCUT2D eigenvalue weighted by molar-refractivity contribution is 0.328. The summed E-state index contributed by atoms with van der Waals surface area (Å²) in [5.74, 6) is 0. The van der Waals surface area contributed by atoms with E-state index in [1.165, 1.54) is 6.54 Å². The van der Waals surface area contributed by atoms with Gasteiger partial charge in [0.15, 0.2) is 0 Å². The molecule has 0 aromatic rings. The number of rotatable bonds is 1. The first-order valence-electron chi connectivity index (χ1n) is 3.07. The van der Waals surface area contributed by atoms with Crippen molar-refractivity contribution >= 4 is 0 Å². The molecule has 0 saturated carbocycles. The molecule has 1 rings (SSSR count). The maximum atomic E-state index is 5.76. The van der Waals surface area contributed by atoms with Crippen molar-refractivity contribution in [2.45, 2.75) is 32.4 Å². The van der Waals surface area contributed by atoms with Gasteiger partial charge in [-0.1, -0.05) is 0 Å². The summed E-state index contributed by atoms with van der Waals surface area (Å²) in [7, 11) is 0. The second-order valence-electron chi connectivity index (χ2n) is 3.16. The van der Waals surface area contributed by atoms with Crippen molar-refractivity contribution < 1.29 is 0 Å². The minimum atomic E-state index is -0.0839. The standard InChI is InChI=1S/C7H13N/c1-6-5-8(6)7(2,3)4/h2,6H,5H2,1,3-4H3. The minimum Gasteiger partial charge on any atom is -0.292 e. The van der Waals surface area contributed by atoms with Crippen molar-refractivity contribution in [3.63, 3.8) is 0 Å². The lowest BCUT2D eigenvalue weighted by atomic mass is 10.1. The monoisotopic (exact) mass is 111 g/mol. The first-order chi connectivity index (χ1) is 3.52. The van der Waals surface area contributed by atoms with Crippen LogP contribution in [0, 0.1) is 6.92 Å². The molecule has 1 aliphatic rings. The van der Waals surface area contributed by atoms with Gasteiger partial charge in [-0.2, -0.15) is 0 Å². The van der Waals surface area contributed by atoms with Crippen molar-refractivity contribution in [3.8, 4) is 0 Å². The van der Waals surface area contributed by atoms with Crippen LogP contribution in [0.4, 0.5) is 0 Å². The van der Waals surface area contributed by atoms with Gasteiger partial charge in [0.05, 0.1) is 0 Å². The minimum absolute atomic E-state index is 0.0839. The highest BCUT2D eigenvalue weighted by molar-refractivity contribution is 4.98. The van der Waals surface area contributed by atoms with Gasteiger partial charge in [-0.3, -0.25) is 4.90 Å². The lowest BCUT2D eigenvalue weighted by Crippen LogP contribution is -2.27. The Balaban J connectivity index is 2.39. The molecule has 2 atom stereocenters. The van der Waals surface area contributed by atoms with Gasteiger partial charge in [0.2, 0.25) is 0 Å². The van der Waals surface area contributed by atoms with E-state index in [1.807, 2.05) is 13.8 Å². The van der Waals surface area contributed by atoms with Gasteiger partial charge in [0, 0.05) is 18.1 Å². The van der Waals surface area contributed by atoms with Crippen LogP contribution in [-0.2, 0) is 0 Å². The van der Waals surface area contributed by atoms with Crippen molar-refractivity contribution in [2.75, 3.05) is 6.54 Å². The number of nitrogens with zero attached hydrogens (tertiary/aromatic N) is 1. The average molecular weight is 111 g/mol. The van der Waals surface area contributed by atoms with Gasteiger partial charge in [-0.05, 0) is 27.7 Å². The summed E-state index contributed by atoms with van der Waals surface area (Å²) in [6.45, 7) is 13.2. The quantitative estimate of drug-likeness (QED) is 0.459. The average Bonchev–Trinajstić information content (AvgIpc) is 2.13. The van der Waals surface area contributed by atoms with Gasteiger partial charge in [-0.15, -0.1) is 0 Å². The second kappa shape index (κ2) is 1.47. The van der Waals surface area contributed by atoms with Crippen LogP contribution in [0.1, 0.15) is 20.8 Å². The molecule has 1 heteroatoms. The van der Waals surface area contributed by atoms with Crippen LogP contribution >= 0.6 is 0 Å². The Kier molecular flexibility index (Phi) is 1.12. The van der Waals surface area contributed by atoms with Crippen LogP contribution in [-0.4, -0.2) is 23.0 Å². The van der Waals surface area contributed by atoms with Crippen LogP contribution in [0.3, 0.4) is 0 Å². The summed E-state index contributed by atoms with van der Waals surface area (Å²) in [6, 6.07) is 0.718. The van der Waals surface area contributed by atoms with Gasteiger partial charge in [-0.25, -0.2) is 0 Å². The van der Waals surface area contributed by atoms with E-state index in [9.17, 15) is 0 Å². The third-order valence-corrected chi connectivity index (χ3v) is 1.60. The van der Waals surface area contributed by atoms with Crippen molar-refractivity contribution in [3.05, 3.63) is 6.92 Å². The van der Waals surface area contributed by atoms with Gasteiger partial charge in [0.1, 0.15) is 0 Å². The Morgan fingerprint density at radius 1 is 1.62 bits per heavy atom. The molecule has 0 aliphatic carbocycles. The van der Waals surface area contributed by atoms with E-state index in [-0.39, 0.29) is 5.54 Å². The lowest BCUT2D eigenvalue weighted by Gasteiger charge is -2.19. The molecule has 0 aromatic heterocycles. The molecule has 2 unspecified atom stereocenters. The highest BCUT2D eigenvalue weighted by atomic mass is 15.3. The Hall–Kier alpha value is -0.0400. The summed E-state index contributed by atoms with van der Waals surface area (Å²) in [5, 5.41) is 0. The molecule has 2 radical (unpaired) electrons. The van der Waals surface area contributed by atoms with Crippen LogP contribution < -0.4 is 0 Å². The second-order valence-corrected chi connectivity index (χ2v) is 3.16. The van der Waals surface area contributed by atoms with E-state index in [0.29, 0.717) is 0 Å². The van der Waals surface area contributed by atoms with E-state index in [1.54, 1.807) is 0 Å². The summed E-state index contributed by atoms with van der Waals surface area (Å²) >= 11 is 0. The van der Waals surface area contributed by atoms with Crippen molar-refractivity contribution in [2.24, 2.45) is 0 Å². The molecule has 8 heavy (non-hydrogen) atoms. The third-order valence-electron chi connectivity index (χ3n) is 1.60. The Labute approximate surface area is 51.7 Å². The fraction of sp³-hybridized carbons (Fsp3) is 0.857. The predicted molar refractivity (Wildman–Crippen MR) is 34.5 cm³/mol. The molecular formula is C7H13N. The SMILES string of the molecule is [CH]C(C)(C)N1CC1C. The number of hydrogen-bond donors (Lipinski definition) is 0. The van der Waals surface area contributed by atoms with Crippen molar-refractivity contribution in [1.82, 2.24) is 4.90 Å². The molecule has 1 saturated heterocycles. The van der Waals surface area contributed by atoms with Crippen molar-refractivity contribution in [1.29, 1.82) is 0 Å². The molecule has 1 heterocycles. The van der Waals surface area contributed by atoms with Crippen LogP contribution in [0.15, 0.2) is 0 Å².